The Morgan fingerprint density at radius 2 is 2.05 bits per heavy atom. The fourth-order valence-corrected chi connectivity index (χ4v) is 3.75. The Hall–Kier alpha value is -1.00. The van der Waals surface area contributed by atoms with Crippen LogP contribution in [0.25, 0.3) is 0 Å². The molecule has 3 N–H and O–H groups in total. The van der Waals surface area contributed by atoms with Gasteiger partial charge in [-0.05, 0) is 44.4 Å². The molecule has 0 bridgehead atoms. The van der Waals surface area contributed by atoms with Gasteiger partial charge in [-0.25, -0.2) is 0 Å². The highest BCUT2D eigenvalue weighted by Crippen LogP contribution is 2.30. The second-order valence-electron chi connectivity index (χ2n) is 6.45. The second kappa shape index (κ2) is 7.32. The lowest BCUT2D eigenvalue weighted by Gasteiger charge is -2.21. The summed E-state index contributed by atoms with van der Waals surface area (Å²) < 4.78 is 0. The molecule has 1 aromatic rings. The van der Waals surface area contributed by atoms with Crippen LogP contribution in [0.3, 0.4) is 0 Å². The van der Waals surface area contributed by atoms with Gasteiger partial charge in [-0.3, -0.25) is 4.79 Å². The lowest BCUT2D eigenvalue weighted by molar-refractivity contribution is -0.120. The summed E-state index contributed by atoms with van der Waals surface area (Å²) in [6.07, 6.45) is 6.84. The first-order valence-electron chi connectivity index (χ1n) is 7.76. The van der Waals surface area contributed by atoms with Gasteiger partial charge in [0, 0.05) is 16.7 Å². The van der Waals surface area contributed by atoms with Gasteiger partial charge >= 0.3 is 0 Å². The summed E-state index contributed by atoms with van der Waals surface area (Å²) in [5, 5.41) is 3.69. The number of carbonyl (C=O) groups excluding carboxylic acids is 1. The molecular formula is C17H26N2OS. The molecule has 3 nitrogen and oxygen atoms in total. The lowest BCUT2D eigenvalue weighted by Crippen LogP contribution is -2.45. The molecule has 1 fully saturated rings. The van der Waals surface area contributed by atoms with Crippen molar-refractivity contribution in [2.45, 2.75) is 62.5 Å². The summed E-state index contributed by atoms with van der Waals surface area (Å²) >= 11 is 2.05. The van der Waals surface area contributed by atoms with Crippen LogP contribution in [0.5, 0.6) is 0 Å². The summed E-state index contributed by atoms with van der Waals surface area (Å²) in [6, 6.07) is 8.09. The SMILES string of the molecule is CC(C)(N)C(=O)Nc1cccc(CSC2CCCCC2)c1. The molecule has 0 heterocycles. The van der Waals surface area contributed by atoms with E-state index < -0.39 is 5.54 Å². The Morgan fingerprint density at radius 3 is 2.71 bits per heavy atom. The predicted octanol–water partition coefficient (Wildman–Crippen LogP) is 3.93. The Labute approximate surface area is 132 Å². The molecule has 0 radical (unpaired) electrons. The minimum Gasteiger partial charge on any atom is -0.325 e. The highest BCUT2D eigenvalue weighted by atomic mass is 32.2. The number of amides is 1. The molecule has 1 amide bonds. The van der Waals surface area contributed by atoms with E-state index in [-0.39, 0.29) is 5.91 Å². The minimum atomic E-state index is -0.854. The molecule has 0 aromatic heterocycles. The normalized spacial score (nSPS) is 16.7. The van der Waals surface area contributed by atoms with Crippen molar-refractivity contribution in [1.82, 2.24) is 0 Å². The van der Waals surface area contributed by atoms with Crippen molar-refractivity contribution < 1.29 is 4.79 Å². The second-order valence-corrected chi connectivity index (χ2v) is 7.74. The lowest BCUT2D eigenvalue weighted by atomic mass is 10.0. The fraction of sp³-hybridized carbons (Fsp3) is 0.588. The molecule has 0 spiro atoms. The van der Waals surface area contributed by atoms with Crippen LogP contribution in [0.1, 0.15) is 51.5 Å². The van der Waals surface area contributed by atoms with E-state index in [9.17, 15) is 4.79 Å². The Bertz CT molecular complexity index is 476. The van der Waals surface area contributed by atoms with Gasteiger partial charge in [-0.15, -0.1) is 0 Å². The van der Waals surface area contributed by atoms with Crippen molar-refractivity contribution in [1.29, 1.82) is 0 Å². The van der Waals surface area contributed by atoms with Gasteiger partial charge in [-0.2, -0.15) is 11.8 Å². The molecule has 1 aliphatic carbocycles. The molecule has 116 valence electrons. The molecule has 4 heteroatoms. The molecule has 1 aliphatic rings. The largest absolute Gasteiger partial charge is 0.325 e. The van der Waals surface area contributed by atoms with E-state index in [0.29, 0.717) is 0 Å². The first kappa shape index (κ1) is 16.4. The van der Waals surface area contributed by atoms with Crippen molar-refractivity contribution in [2.75, 3.05) is 5.32 Å². The molecule has 0 unspecified atom stereocenters. The molecule has 1 aromatic carbocycles. The molecule has 2 rings (SSSR count). The van der Waals surface area contributed by atoms with E-state index in [0.717, 1.165) is 16.7 Å². The fourth-order valence-electron chi connectivity index (χ4n) is 2.48. The Morgan fingerprint density at radius 1 is 1.33 bits per heavy atom. The van der Waals surface area contributed by atoms with Gasteiger partial charge in [0.25, 0.3) is 0 Å². The number of carbonyl (C=O) groups is 1. The van der Waals surface area contributed by atoms with E-state index in [1.807, 2.05) is 23.9 Å². The summed E-state index contributed by atoms with van der Waals surface area (Å²) in [4.78, 5) is 11.9. The van der Waals surface area contributed by atoms with Crippen LogP contribution < -0.4 is 11.1 Å². The molecule has 0 atom stereocenters. The number of nitrogens with one attached hydrogen (secondary N) is 1. The van der Waals surface area contributed by atoms with Gasteiger partial charge in [0.1, 0.15) is 0 Å². The van der Waals surface area contributed by atoms with E-state index >= 15 is 0 Å². The summed E-state index contributed by atoms with van der Waals surface area (Å²) in [5.41, 5.74) is 7.05. The first-order valence-corrected chi connectivity index (χ1v) is 8.81. The summed E-state index contributed by atoms with van der Waals surface area (Å²) in [5.74, 6) is 0.861. The monoisotopic (exact) mass is 306 g/mol. The van der Waals surface area contributed by atoms with Gasteiger partial charge < -0.3 is 11.1 Å². The van der Waals surface area contributed by atoms with Crippen LogP contribution in [0.4, 0.5) is 5.69 Å². The number of thioether (sulfide) groups is 1. The molecule has 0 saturated heterocycles. The van der Waals surface area contributed by atoms with Crippen molar-refractivity contribution >= 4 is 23.4 Å². The third-order valence-electron chi connectivity index (χ3n) is 3.81. The first-order chi connectivity index (χ1) is 9.95. The van der Waals surface area contributed by atoms with Gasteiger partial charge in [0.15, 0.2) is 0 Å². The standard InChI is InChI=1S/C17H26N2OS/c1-17(2,18)16(20)19-14-8-6-7-13(11-14)12-21-15-9-4-3-5-10-15/h6-8,11,15H,3-5,9-10,12,18H2,1-2H3,(H,19,20). The van der Waals surface area contributed by atoms with Gasteiger partial charge in [-0.1, -0.05) is 31.4 Å². The smallest absolute Gasteiger partial charge is 0.243 e. The number of anilines is 1. The minimum absolute atomic E-state index is 0.153. The molecule has 0 aliphatic heterocycles. The highest BCUT2D eigenvalue weighted by molar-refractivity contribution is 7.99. The van der Waals surface area contributed by atoms with E-state index in [1.165, 1.54) is 37.7 Å². The third kappa shape index (κ3) is 5.36. The number of hydrogen-bond donors (Lipinski definition) is 2. The van der Waals surface area contributed by atoms with Crippen molar-refractivity contribution in [3.05, 3.63) is 29.8 Å². The van der Waals surface area contributed by atoms with Crippen molar-refractivity contribution in [3.8, 4) is 0 Å². The van der Waals surface area contributed by atoms with E-state index in [1.54, 1.807) is 13.8 Å². The molecular weight excluding hydrogens is 280 g/mol. The maximum absolute atomic E-state index is 11.9. The number of benzene rings is 1. The zero-order valence-corrected chi connectivity index (χ0v) is 13.8. The average Bonchev–Trinajstić information content (AvgIpc) is 2.46. The van der Waals surface area contributed by atoms with Crippen molar-refractivity contribution in [3.63, 3.8) is 0 Å². The Kier molecular flexibility index (Phi) is 5.71. The maximum atomic E-state index is 11.9. The van der Waals surface area contributed by atoms with Gasteiger partial charge in [0.05, 0.1) is 5.54 Å². The van der Waals surface area contributed by atoms with Gasteiger partial charge in [0.2, 0.25) is 5.91 Å². The quantitative estimate of drug-likeness (QED) is 0.866. The van der Waals surface area contributed by atoms with Crippen LogP contribution in [0, 0.1) is 0 Å². The molecule has 1 saturated carbocycles. The number of nitrogens with two attached hydrogens (primary N) is 1. The van der Waals surface area contributed by atoms with Crippen LogP contribution in [-0.2, 0) is 10.5 Å². The van der Waals surface area contributed by atoms with Crippen LogP contribution in [-0.4, -0.2) is 16.7 Å². The zero-order chi connectivity index (χ0) is 15.3. The third-order valence-corrected chi connectivity index (χ3v) is 5.25. The average molecular weight is 306 g/mol. The number of hydrogen-bond acceptors (Lipinski definition) is 3. The van der Waals surface area contributed by atoms with Crippen LogP contribution >= 0.6 is 11.8 Å². The summed E-state index contributed by atoms with van der Waals surface area (Å²) in [6.45, 7) is 3.43. The van der Waals surface area contributed by atoms with E-state index in [2.05, 4.69) is 17.4 Å². The van der Waals surface area contributed by atoms with Crippen LogP contribution in [0.15, 0.2) is 24.3 Å². The van der Waals surface area contributed by atoms with Crippen molar-refractivity contribution in [2.24, 2.45) is 5.73 Å². The molecule has 21 heavy (non-hydrogen) atoms. The number of rotatable bonds is 5. The van der Waals surface area contributed by atoms with E-state index in [4.69, 9.17) is 5.73 Å². The maximum Gasteiger partial charge on any atom is 0.243 e. The topological polar surface area (TPSA) is 55.1 Å². The predicted molar refractivity (Wildman–Crippen MR) is 91.5 cm³/mol. The zero-order valence-electron chi connectivity index (χ0n) is 13.0. The summed E-state index contributed by atoms with van der Waals surface area (Å²) in [7, 11) is 0. The highest BCUT2D eigenvalue weighted by Gasteiger charge is 2.21. The van der Waals surface area contributed by atoms with Crippen LogP contribution in [0.2, 0.25) is 0 Å². The Balaban J connectivity index is 1.89.